The van der Waals surface area contributed by atoms with Crippen LogP contribution in [-0.2, 0) is 0 Å². The molecule has 2 N–H and O–H groups in total. The summed E-state index contributed by atoms with van der Waals surface area (Å²) in [7, 11) is 0. The lowest BCUT2D eigenvalue weighted by molar-refractivity contribution is 0.199. The maximum absolute atomic E-state index is 3.69. The summed E-state index contributed by atoms with van der Waals surface area (Å²) in [4.78, 5) is 0. The Balaban J connectivity index is 2.47. The van der Waals surface area contributed by atoms with Gasteiger partial charge >= 0.3 is 0 Å². The second-order valence-electron chi connectivity index (χ2n) is 5.65. The van der Waals surface area contributed by atoms with Gasteiger partial charge in [0.05, 0.1) is 0 Å². The second-order valence-corrected chi connectivity index (χ2v) is 5.65. The van der Waals surface area contributed by atoms with Crippen LogP contribution in [0.25, 0.3) is 0 Å². The van der Waals surface area contributed by atoms with E-state index >= 15 is 0 Å². The number of hydrogen-bond acceptors (Lipinski definition) is 2. The molecule has 1 aliphatic rings. The summed E-state index contributed by atoms with van der Waals surface area (Å²) < 4.78 is 0. The molecule has 0 aliphatic heterocycles. The van der Waals surface area contributed by atoms with Crippen molar-refractivity contribution < 1.29 is 0 Å². The molecule has 2 atom stereocenters. The highest BCUT2D eigenvalue weighted by molar-refractivity contribution is 4.89. The van der Waals surface area contributed by atoms with Gasteiger partial charge in [0.1, 0.15) is 0 Å². The van der Waals surface area contributed by atoms with E-state index in [1.807, 2.05) is 0 Å². The molecule has 15 heavy (non-hydrogen) atoms. The SMILES string of the molecule is CC(C)NC1CCCC(NC(C)C)C1C. The first-order chi connectivity index (χ1) is 7.00. The monoisotopic (exact) mass is 212 g/mol. The third-order valence-corrected chi connectivity index (χ3v) is 3.39. The van der Waals surface area contributed by atoms with E-state index in [4.69, 9.17) is 0 Å². The van der Waals surface area contributed by atoms with Crippen molar-refractivity contribution in [1.29, 1.82) is 0 Å². The van der Waals surface area contributed by atoms with Crippen LogP contribution in [0, 0.1) is 5.92 Å². The van der Waals surface area contributed by atoms with E-state index in [1.54, 1.807) is 0 Å². The van der Waals surface area contributed by atoms with E-state index in [-0.39, 0.29) is 0 Å². The third kappa shape index (κ3) is 4.12. The van der Waals surface area contributed by atoms with Gasteiger partial charge in [0, 0.05) is 24.2 Å². The largest absolute Gasteiger partial charge is 0.311 e. The Morgan fingerprint density at radius 3 is 1.60 bits per heavy atom. The molecule has 1 saturated carbocycles. The smallest absolute Gasteiger partial charge is 0.0110 e. The van der Waals surface area contributed by atoms with Crippen LogP contribution in [0.3, 0.4) is 0 Å². The summed E-state index contributed by atoms with van der Waals surface area (Å²) in [6.07, 6.45) is 4.05. The van der Waals surface area contributed by atoms with Crippen LogP contribution in [0.4, 0.5) is 0 Å². The average Bonchev–Trinajstić information content (AvgIpc) is 2.10. The molecule has 1 rings (SSSR count). The van der Waals surface area contributed by atoms with Crippen LogP contribution >= 0.6 is 0 Å². The van der Waals surface area contributed by atoms with Gasteiger partial charge in [0.2, 0.25) is 0 Å². The van der Waals surface area contributed by atoms with Crippen molar-refractivity contribution in [2.45, 2.75) is 78.0 Å². The first kappa shape index (κ1) is 13.0. The van der Waals surface area contributed by atoms with Crippen molar-refractivity contribution in [2.24, 2.45) is 5.92 Å². The maximum atomic E-state index is 3.69. The van der Waals surface area contributed by atoms with Crippen LogP contribution < -0.4 is 10.6 Å². The molecule has 2 nitrogen and oxygen atoms in total. The molecule has 0 bridgehead atoms. The molecule has 90 valence electrons. The highest BCUT2D eigenvalue weighted by Crippen LogP contribution is 2.25. The molecule has 0 heterocycles. The Kier molecular flexibility index (Phi) is 5.07. The molecule has 0 spiro atoms. The minimum Gasteiger partial charge on any atom is -0.311 e. The lowest BCUT2D eigenvalue weighted by atomic mass is 9.81. The number of nitrogens with one attached hydrogen (secondary N) is 2. The fraction of sp³-hybridized carbons (Fsp3) is 1.00. The molecule has 0 radical (unpaired) electrons. The van der Waals surface area contributed by atoms with Crippen LogP contribution in [0.1, 0.15) is 53.9 Å². The van der Waals surface area contributed by atoms with Gasteiger partial charge in [-0.05, 0) is 18.8 Å². The quantitative estimate of drug-likeness (QED) is 0.748. The van der Waals surface area contributed by atoms with Gasteiger partial charge in [0.25, 0.3) is 0 Å². The summed E-state index contributed by atoms with van der Waals surface area (Å²) >= 11 is 0. The zero-order valence-electron chi connectivity index (χ0n) is 11.0. The topological polar surface area (TPSA) is 24.1 Å². The highest BCUT2D eigenvalue weighted by atomic mass is 15.0. The van der Waals surface area contributed by atoms with E-state index in [0.717, 1.165) is 5.92 Å². The molecule has 1 fully saturated rings. The second kappa shape index (κ2) is 5.86. The van der Waals surface area contributed by atoms with Gasteiger partial charge in [0.15, 0.2) is 0 Å². The van der Waals surface area contributed by atoms with Gasteiger partial charge in [-0.3, -0.25) is 0 Å². The van der Waals surface area contributed by atoms with Gasteiger partial charge in [-0.25, -0.2) is 0 Å². The molecular formula is C13H28N2. The Bertz CT molecular complexity index is 159. The lowest BCUT2D eigenvalue weighted by Gasteiger charge is -2.39. The van der Waals surface area contributed by atoms with Gasteiger partial charge < -0.3 is 10.6 Å². The molecule has 1 aliphatic carbocycles. The minimum absolute atomic E-state index is 0.607. The number of hydrogen-bond donors (Lipinski definition) is 2. The zero-order chi connectivity index (χ0) is 11.4. The summed E-state index contributed by atoms with van der Waals surface area (Å²) in [6, 6.07) is 2.62. The third-order valence-electron chi connectivity index (χ3n) is 3.39. The van der Waals surface area contributed by atoms with E-state index in [9.17, 15) is 0 Å². The lowest BCUT2D eigenvalue weighted by Crippen LogP contribution is -2.52. The van der Waals surface area contributed by atoms with Crippen LogP contribution in [0.15, 0.2) is 0 Å². The van der Waals surface area contributed by atoms with Crippen LogP contribution in [0.5, 0.6) is 0 Å². The number of rotatable bonds is 4. The predicted molar refractivity (Wildman–Crippen MR) is 67.1 cm³/mol. The summed E-state index contributed by atoms with van der Waals surface area (Å²) in [5.41, 5.74) is 0. The zero-order valence-corrected chi connectivity index (χ0v) is 11.0. The van der Waals surface area contributed by atoms with Crippen LogP contribution in [0.2, 0.25) is 0 Å². The fourth-order valence-corrected chi connectivity index (χ4v) is 2.69. The molecule has 0 amide bonds. The highest BCUT2D eigenvalue weighted by Gasteiger charge is 2.29. The maximum Gasteiger partial charge on any atom is 0.0110 e. The van der Waals surface area contributed by atoms with Crippen molar-refractivity contribution in [2.75, 3.05) is 0 Å². The molecule has 2 heteroatoms. The minimum atomic E-state index is 0.607. The van der Waals surface area contributed by atoms with Gasteiger partial charge in [-0.1, -0.05) is 41.0 Å². The Labute approximate surface area is 95.2 Å². The normalized spacial score (nSPS) is 32.6. The Hall–Kier alpha value is -0.0800. The van der Waals surface area contributed by atoms with Crippen molar-refractivity contribution >= 4 is 0 Å². The molecular weight excluding hydrogens is 184 g/mol. The molecule has 0 aromatic heterocycles. The van der Waals surface area contributed by atoms with E-state index in [0.29, 0.717) is 24.2 Å². The van der Waals surface area contributed by atoms with E-state index < -0.39 is 0 Å². The van der Waals surface area contributed by atoms with Gasteiger partial charge in [-0.15, -0.1) is 0 Å². The van der Waals surface area contributed by atoms with Crippen LogP contribution in [-0.4, -0.2) is 24.2 Å². The van der Waals surface area contributed by atoms with E-state index in [1.165, 1.54) is 19.3 Å². The standard InChI is InChI=1S/C13H28N2/c1-9(2)14-12-7-6-8-13(11(12)5)15-10(3)4/h9-15H,6-8H2,1-5H3. The Morgan fingerprint density at radius 2 is 1.27 bits per heavy atom. The predicted octanol–water partition coefficient (Wildman–Crippen LogP) is 2.54. The molecule has 2 unspecified atom stereocenters. The van der Waals surface area contributed by atoms with Crippen molar-refractivity contribution in [3.63, 3.8) is 0 Å². The Morgan fingerprint density at radius 1 is 0.867 bits per heavy atom. The summed E-state index contributed by atoms with van der Waals surface area (Å²) in [5.74, 6) is 0.753. The summed E-state index contributed by atoms with van der Waals surface area (Å²) in [6.45, 7) is 11.4. The molecule has 0 aromatic rings. The molecule has 0 saturated heterocycles. The van der Waals surface area contributed by atoms with Gasteiger partial charge in [-0.2, -0.15) is 0 Å². The average molecular weight is 212 g/mol. The molecule has 0 aromatic carbocycles. The first-order valence-electron chi connectivity index (χ1n) is 6.52. The van der Waals surface area contributed by atoms with Crippen molar-refractivity contribution in [1.82, 2.24) is 10.6 Å². The van der Waals surface area contributed by atoms with Crippen molar-refractivity contribution in [3.05, 3.63) is 0 Å². The fourth-order valence-electron chi connectivity index (χ4n) is 2.69. The first-order valence-corrected chi connectivity index (χ1v) is 6.52. The van der Waals surface area contributed by atoms with Crippen molar-refractivity contribution in [3.8, 4) is 0 Å². The van der Waals surface area contributed by atoms with E-state index in [2.05, 4.69) is 45.3 Å². The summed E-state index contributed by atoms with van der Waals surface area (Å²) in [5, 5.41) is 7.39.